The maximum atomic E-state index is 13.3. The number of aliphatic hydroxyl groups is 1. The molecule has 0 radical (unpaired) electrons. The summed E-state index contributed by atoms with van der Waals surface area (Å²) in [5, 5.41) is 11.5. The largest absolute Gasteiger partial charge is 0.378 e. The average Bonchev–Trinajstić information content (AvgIpc) is 2.53. The zero-order valence-corrected chi connectivity index (χ0v) is 15.4. The van der Waals surface area contributed by atoms with Crippen LogP contribution >= 0.6 is 30.6 Å². The van der Waals surface area contributed by atoms with Crippen LogP contribution in [0.1, 0.15) is 11.4 Å². The first kappa shape index (κ1) is 18.3. The molecule has 0 aliphatic heterocycles. The predicted octanol–water partition coefficient (Wildman–Crippen LogP) is 4.30. The van der Waals surface area contributed by atoms with Crippen LogP contribution < -0.4 is 10.2 Å². The van der Waals surface area contributed by atoms with Gasteiger partial charge < -0.3 is 14.5 Å². The zero-order chi connectivity index (χ0) is 17.2. The molecule has 2 aromatic carbocycles. The van der Waals surface area contributed by atoms with E-state index in [1.165, 1.54) is 7.11 Å². The molecular formula is C16H18Cl2NO3P. The van der Waals surface area contributed by atoms with Crippen molar-refractivity contribution in [1.82, 2.24) is 0 Å². The van der Waals surface area contributed by atoms with Gasteiger partial charge in [-0.2, -0.15) is 0 Å². The molecule has 0 aliphatic rings. The molecule has 124 valence electrons. The molecule has 2 rings (SSSR count). The second-order valence-electron chi connectivity index (χ2n) is 5.20. The Kier molecular flexibility index (Phi) is 5.77. The third-order valence-corrected chi connectivity index (χ3v) is 6.70. The summed E-state index contributed by atoms with van der Waals surface area (Å²) in [7, 11) is 1.51. The maximum absolute atomic E-state index is 13.3. The highest BCUT2D eigenvalue weighted by molar-refractivity contribution is 7.67. The highest BCUT2D eigenvalue weighted by Gasteiger charge is 2.37. The van der Waals surface area contributed by atoms with Crippen LogP contribution in [0, 0.1) is 0 Å². The molecule has 1 N–H and O–H groups in total. The summed E-state index contributed by atoms with van der Waals surface area (Å²) in [6.07, 6.45) is 0. The average molecular weight is 374 g/mol. The lowest BCUT2D eigenvalue weighted by Crippen LogP contribution is -2.15. The number of benzene rings is 2. The molecule has 0 heterocycles. The summed E-state index contributed by atoms with van der Waals surface area (Å²) in [6.45, 7) is 0. The number of anilines is 1. The second-order valence-corrected chi connectivity index (χ2v) is 8.58. The molecule has 0 aliphatic carbocycles. The van der Waals surface area contributed by atoms with Gasteiger partial charge in [-0.1, -0.05) is 29.3 Å². The van der Waals surface area contributed by atoms with Crippen molar-refractivity contribution in [2.75, 3.05) is 26.1 Å². The lowest BCUT2D eigenvalue weighted by Gasteiger charge is -2.24. The molecule has 23 heavy (non-hydrogen) atoms. The third kappa shape index (κ3) is 3.57. The normalized spacial score (nSPS) is 15.0. The van der Waals surface area contributed by atoms with Gasteiger partial charge in [-0.05, 0) is 36.4 Å². The molecule has 0 bridgehead atoms. The van der Waals surface area contributed by atoms with Crippen molar-refractivity contribution < 1.29 is 14.2 Å². The van der Waals surface area contributed by atoms with E-state index >= 15 is 0 Å². The van der Waals surface area contributed by atoms with Crippen molar-refractivity contribution in [2.45, 2.75) is 5.85 Å². The first-order valence-corrected chi connectivity index (χ1v) is 9.31. The lowest BCUT2D eigenvalue weighted by molar-refractivity contribution is 0.229. The molecule has 7 heteroatoms. The van der Waals surface area contributed by atoms with Gasteiger partial charge in [-0.3, -0.25) is 4.57 Å². The summed E-state index contributed by atoms with van der Waals surface area (Å²) in [5.41, 5.74) is 1.15. The van der Waals surface area contributed by atoms with E-state index < -0.39 is 13.2 Å². The monoisotopic (exact) mass is 373 g/mol. The van der Waals surface area contributed by atoms with Crippen LogP contribution in [0.15, 0.2) is 42.5 Å². The summed E-state index contributed by atoms with van der Waals surface area (Å²) in [4.78, 5) is 1.92. The number of aliphatic hydroxyl groups excluding tert-OH is 1. The molecule has 0 saturated heterocycles. The van der Waals surface area contributed by atoms with Crippen molar-refractivity contribution in [2.24, 2.45) is 0 Å². The highest BCUT2D eigenvalue weighted by Crippen LogP contribution is 2.59. The van der Waals surface area contributed by atoms with Crippen LogP contribution in [-0.2, 0) is 9.09 Å². The topological polar surface area (TPSA) is 49.8 Å². The van der Waals surface area contributed by atoms with E-state index in [1.807, 2.05) is 31.1 Å². The molecule has 4 nitrogen and oxygen atoms in total. The van der Waals surface area contributed by atoms with Crippen molar-refractivity contribution in [3.63, 3.8) is 0 Å². The Hall–Kier alpha value is -1.03. The Bertz CT molecular complexity index is 714. The highest BCUT2D eigenvalue weighted by atomic mass is 35.5. The van der Waals surface area contributed by atoms with E-state index in [4.69, 9.17) is 27.7 Å². The Morgan fingerprint density at radius 1 is 1.09 bits per heavy atom. The van der Waals surface area contributed by atoms with Crippen LogP contribution in [0.4, 0.5) is 5.69 Å². The first-order valence-electron chi connectivity index (χ1n) is 6.86. The van der Waals surface area contributed by atoms with Gasteiger partial charge in [-0.25, -0.2) is 0 Å². The Balaban J connectivity index is 2.49. The van der Waals surface area contributed by atoms with Gasteiger partial charge in [0.2, 0.25) is 0 Å². The Morgan fingerprint density at radius 2 is 1.61 bits per heavy atom. The molecular weight excluding hydrogens is 356 g/mol. The van der Waals surface area contributed by atoms with Crippen LogP contribution in [0.25, 0.3) is 0 Å². The standard InChI is InChI=1S/C16H18Cl2NO3P/c1-19(2)11-7-9-12(10-8-11)23(21,22-3)16(20)15-13(17)5-4-6-14(15)18/h4-10,16,20H,1-3H3/t16-,23+/m0/s1. The molecule has 0 fully saturated rings. The van der Waals surface area contributed by atoms with E-state index in [0.717, 1.165) is 5.69 Å². The number of nitrogens with zero attached hydrogens (tertiary/aromatic N) is 1. The molecule has 2 aromatic rings. The summed E-state index contributed by atoms with van der Waals surface area (Å²) < 4.78 is 18.5. The number of rotatable bonds is 5. The van der Waals surface area contributed by atoms with Gasteiger partial charge in [-0.15, -0.1) is 0 Å². The van der Waals surface area contributed by atoms with E-state index in [2.05, 4.69) is 0 Å². The predicted molar refractivity (Wildman–Crippen MR) is 96.4 cm³/mol. The van der Waals surface area contributed by atoms with Crippen molar-refractivity contribution in [3.8, 4) is 0 Å². The number of hydrogen-bond acceptors (Lipinski definition) is 4. The Morgan fingerprint density at radius 3 is 2.04 bits per heavy atom. The molecule has 0 amide bonds. The fraction of sp³-hybridized carbons (Fsp3) is 0.250. The van der Waals surface area contributed by atoms with E-state index in [1.54, 1.807) is 30.3 Å². The van der Waals surface area contributed by atoms with Crippen LogP contribution in [0.2, 0.25) is 10.0 Å². The van der Waals surface area contributed by atoms with Gasteiger partial charge in [0.15, 0.2) is 5.85 Å². The number of halogens is 2. The Labute approximate surface area is 146 Å². The van der Waals surface area contributed by atoms with Gasteiger partial charge in [0.25, 0.3) is 7.37 Å². The van der Waals surface area contributed by atoms with E-state index in [-0.39, 0.29) is 15.6 Å². The summed E-state index contributed by atoms with van der Waals surface area (Å²) >= 11 is 12.2. The van der Waals surface area contributed by atoms with Crippen LogP contribution in [0.5, 0.6) is 0 Å². The second kappa shape index (κ2) is 7.25. The number of hydrogen-bond donors (Lipinski definition) is 1. The van der Waals surface area contributed by atoms with Crippen LogP contribution in [-0.4, -0.2) is 26.3 Å². The van der Waals surface area contributed by atoms with Gasteiger partial charge >= 0.3 is 0 Å². The van der Waals surface area contributed by atoms with Crippen LogP contribution in [0.3, 0.4) is 0 Å². The van der Waals surface area contributed by atoms with Gasteiger partial charge in [0.1, 0.15) is 0 Å². The molecule has 0 aromatic heterocycles. The van der Waals surface area contributed by atoms with Crippen molar-refractivity contribution in [3.05, 3.63) is 58.1 Å². The fourth-order valence-electron chi connectivity index (χ4n) is 2.23. The molecule has 0 saturated carbocycles. The third-order valence-electron chi connectivity index (χ3n) is 3.58. The lowest BCUT2D eigenvalue weighted by atomic mass is 10.2. The summed E-state index contributed by atoms with van der Waals surface area (Å²) in [5.74, 6) is -1.45. The molecule has 0 spiro atoms. The fourth-order valence-corrected chi connectivity index (χ4v) is 4.86. The minimum absolute atomic E-state index is 0.206. The molecule has 2 atom stereocenters. The smallest absolute Gasteiger partial charge is 0.264 e. The van der Waals surface area contributed by atoms with E-state index in [0.29, 0.717) is 5.30 Å². The zero-order valence-electron chi connectivity index (χ0n) is 13.0. The molecule has 0 unspecified atom stereocenters. The van der Waals surface area contributed by atoms with Crippen molar-refractivity contribution in [1.29, 1.82) is 0 Å². The van der Waals surface area contributed by atoms with E-state index in [9.17, 15) is 9.67 Å². The SMILES string of the molecule is CO[P@](=O)(c1ccc(N(C)C)cc1)[C@H](O)c1c(Cl)cccc1Cl. The van der Waals surface area contributed by atoms with Gasteiger partial charge in [0, 0.05) is 47.8 Å². The first-order chi connectivity index (χ1) is 10.8. The van der Waals surface area contributed by atoms with Gasteiger partial charge in [0.05, 0.1) is 0 Å². The summed E-state index contributed by atoms with van der Waals surface area (Å²) in [6, 6.07) is 11.8. The minimum Gasteiger partial charge on any atom is -0.378 e. The van der Waals surface area contributed by atoms with Crippen molar-refractivity contribution >= 4 is 41.6 Å². The minimum atomic E-state index is -3.60. The quantitative estimate of drug-likeness (QED) is 0.793. The maximum Gasteiger partial charge on any atom is 0.264 e.